The highest BCUT2D eigenvalue weighted by Gasteiger charge is 2.41. The summed E-state index contributed by atoms with van der Waals surface area (Å²) in [6, 6.07) is 31.9. The van der Waals surface area contributed by atoms with E-state index in [2.05, 4.69) is 148 Å². The monoisotopic (exact) mass is 587 g/mol. The Bertz CT molecular complexity index is 2150. The number of benzene rings is 5. The third-order valence-corrected chi connectivity index (χ3v) is 9.78. The van der Waals surface area contributed by atoms with Gasteiger partial charge in [0.2, 0.25) is 0 Å². The second-order valence-corrected chi connectivity index (χ2v) is 13.0. The van der Waals surface area contributed by atoms with E-state index in [4.69, 9.17) is 0 Å². The fraction of sp³-hybridized carbons (Fsp3) is 0.273. The second-order valence-electron chi connectivity index (χ2n) is 13.0. The first-order valence-electron chi connectivity index (χ1n) is 17.1. The Morgan fingerprint density at radius 2 is 1.47 bits per heavy atom. The molecule has 0 N–H and O–H groups in total. The Morgan fingerprint density at radius 3 is 2.24 bits per heavy atom. The number of aryl methyl sites for hydroxylation is 1. The van der Waals surface area contributed by atoms with Gasteiger partial charge in [0.05, 0.1) is 5.52 Å². The molecule has 2 aliphatic rings. The minimum Gasteiger partial charge on any atom is -0.340 e. The van der Waals surface area contributed by atoms with Crippen molar-refractivity contribution < 1.29 is 0 Å². The molecule has 0 spiro atoms. The fourth-order valence-corrected chi connectivity index (χ4v) is 7.67. The molecule has 1 heteroatoms. The zero-order valence-corrected chi connectivity index (χ0v) is 27.5. The molecule has 0 radical (unpaired) electrons. The number of aromatic nitrogens is 1. The molecule has 0 saturated heterocycles. The highest BCUT2D eigenvalue weighted by atomic mass is 15.0. The van der Waals surface area contributed by atoms with E-state index in [1.165, 1.54) is 84.0 Å². The average molecular weight is 588 g/mol. The van der Waals surface area contributed by atoms with Crippen LogP contribution in [-0.2, 0) is 6.54 Å². The van der Waals surface area contributed by atoms with E-state index in [0.29, 0.717) is 5.92 Å². The van der Waals surface area contributed by atoms with Crippen molar-refractivity contribution in [2.24, 2.45) is 5.92 Å². The molecule has 1 aromatic heterocycles. The second kappa shape index (κ2) is 12.2. The van der Waals surface area contributed by atoms with Crippen molar-refractivity contribution in [3.8, 4) is 0 Å². The van der Waals surface area contributed by atoms with E-state index in [0.717, 1.165) is 25.3 Å². The Kier molecular flexibility index (Phi) is 7.96. The lowest BCUT2D eigenvalue weighted by Gasteiger charge is -2.19. The summed E-state index contributed by atoms with van der Waals surface area (Å²) in [6.07, 6.45) is 14.3. The van der Waals surface area contributed by atoms with Crippen molar-refractivity contribution in [2.75, 3.05) is 0 Å². The van der Waals surface area contributed by atoms with Gasteiger partial charge in [0.25, 0.3) is 0 Å². The van der Waals surface area contributed by atoms with Gasteiger partial charge < -0.3 is 4.57 Å². The van der Waals surface area contributed by atoms with Crippen molar-refractivity contribution in [3.05, 3.63) is 125 Å². The average Bonchev–Trinajstić information content (AvgIpc) is 3.80. The maximum Gasteiger partial charge on any atom is 0.0567 e. The number of nitrogens with zero attached hydrogens (tertiary/aromatic N) is 1. The minimum atomic E-state index is 0.695. The standard InChI is InChI=1S/C41H37N.C3H8/c1-4-11-27(19-18-26(3)30-15-10-16-36-33-13-8-9-17-39(33)42(5-2)41(30)36)28-20-22-32-31-12-6-7-14-34(31)40-35(38(32)24-28)23-21-29-25-37(29)40;1-3-2/h6-10,12-24,29,37H,4-5,11,25H2,1-3H3;3H2,1-2H3/b26-18+,27-19+;. The zero-order valence-electron chi connectivity index (χ0n) is 27.5. The van der Waals surface area contributed by atoms with Gasteiger partial charge in [-0.1, -0.05) is 131 Å². The molecule has 8 rings (SSSR count). The molecule has 0 bridgehead atoms. The largest absolute Gasteiger partial charge is 0.340 e. The van der Waals surface area contributed by atoms with Crippen LogP contribution in [0.2, 0.25) is 0 Å². The van der Waals surface area contributed by atoms with Crippen LogP contribution in [0.1, 0.15) is 88.5 Å². The van der Waals surface area contributed by atoms with E-state index >= 15 is 0 Å². The van der Waals surface area contributed by atoms with Crippen molar-refractivity contribution in [1.82, 2.24) is 4.57 Å². The number of allylic oxidation sites excluding steroid dienone is 5. The van der Waals surface area contributed by atoms with E-state index in [1.54, 1.807) is 5.56 Å². The van der Waals surface area contributed by atoms with Crippen LogP contribution in [0.5, 0.6) is 0 Å². The summed E-state index contributed by atoms with van der Waals surface area (Å²) < 4.78 is 2.47. The fourth-order valence-electron chi connectivity index (χ4n) is 7.67. The van der Waals surface area contributed by atoms with Gasteiger partial charge in [0.1, 0.15) is 0 Å². The van der Waals surface area contributed by atoms with Gasteiger partial charge in [-0.25, -0.2) is 0 Å². The maximum absolute atomic E-state index is 2.48. The van der Waals surface area contributed by atoms with Crippen LogP contribution >= 0.6 is 0 Å². The molecule has 226 valence electrons. The van der Waals surface area contributed by atoms with Gasteiger partial charge in [-0.2, -0.15) is 0 Å². The Morgan fingerprint density at radius 1 is 0.756 bits per heavy atom. The summed E-state index contributed by atoms with van der Waals surface area (Å²) in [5.74, 6) is 1.43. The predicted octanol–water partition coefficient (Wildman–Crippen LogP) is 13.0. The molecule has 1 heterocycles. The first-order valence-corrected chi connectivity index (χ1v) is 17.1. The van der Waals surface area contributed by atoms with Gasteiger partial charge in [-0.15, -0.1) is 0 Å². The van der Waals surface area contributed by atoms with Crippen LogP contribution in [0, 0.1) is 5.92 Å². The highest BCUT2D eigenvalue weighted by Crippen LogP contribution is 2.56. The molecule has 6 aromatic rings. The maximum atomic E-state index is 2.48. The smallest absolute Gasteiger partial charge is 0.0567 e. The molecule has 2 atom stereocenters. The molecule has 45 heavy (non-hydrogen) atoms. The van der Waals surface area contributed by atoms with Gasteiger partial charge >= 0.3 is 0 Å². The normalized spacial score (nSPS) is 17.4. The van der Waals surface area contributed by atoms with E-state index in [9.17, 15) is 0 Å². The van der Waals surface area contributed by atoms with Crippen molar-refractivity contribution in [3.63, 3.8) is 0 Å². The quantitative estimate of drug-likeness (QED) is 0.135. The molecule has 1 nitrogen and oxygen atoms in total. The van der Waals surface area contributed by atoms with Crippen molar-refractivity contribution >= 4 is 60.6 Å². The summed E-state index contributed by atoms with van der Waals surface area (Å²) >= 11 is 0. The first kappa shape index (κ1) is 29.4. The van der Waals surface area contributed by atoms with Crippen LogP contribution in [0.3, 0.4) is 0 Å². The van der Waals surface area contributed by atoms with Crippen LogP contribution in [-0.4, -0.2) is 4.57 Å². The number of hydrogen-bond donors (Lipinski definition) is 0. The first-order chi connectivity index (χ1) is 22.1. The summed E-state index contributed by atoms with van der Waals surface area (Å²) in [5, 5.41) is 8.31. The van der Waals surface area contributed by atoms with Gasteiger partial charge in [-0.05, 0) is 100 Å². The lowest BCUT2D eigenvalue weighted by Crippen LogP contribution is -1.97. The topological polar surface area (TPSA) is 4.93 Å². The molecule has 2 aliphatic carbocycles. The van der Waals surface area contributed by atoms with Crippen LogP contribution in [0.25, 0.3) is 60.6 Å². The molecular weight excluding hydrogens is 542 g/mol. The number of fused-ring (bicyclic) bond motifs is 11. The predicted molar refractivity (Wildman–Crippen MR) is 199 cm³/mol. The summed E-state index contributed by atoms with van der Waals surface area (Å²) in [7, 11) is 0. The molecule has 1 saturated carbocycles. The summed E-state index contributed by atoms with van der Waals surface area (Å²) in [5.41, 5.74) is 11.1. The van der Waals surface area contributed by atoms with Gasteiger partial charge in [0.15, 0.2) is 0 Å². The zero-order chi connectivity index (χ0) is 31.1. The highest BCUT2D eigenvalue weighted by molar-refractivity contribution is 6.14. The van der Waals surface area contributed by atoms with Crippen molar-refractivity contribution in [2.45, 2.75) is 72.8 Å². The third-order valence-electron chi connectivity index (χ3n) is 9.78. The van der Waals surface area contributed by atoms with Gasteiger partial charge in [0, 0.05) is 28.4 Å². The van der Waals surface area contributed by atoms with Crippen LogP contribution < -0.4 is 0 Å². The number of rotatable bonds is 6. The lowest BCUT2D eigenvalue weighted by molar-refractivity contribution is 0.826. The molecule has 5 aromatic carbocycles. The van der Waals surface area contributed by atoms with E-state index in [1.807, 2.05) is 0 Å². The molecule has 0 aliphatic heterocycles. The number of hydrogen-bond acceptors (Lipinski definition) is 0. The van der Waals surface area contributed by atoms with E-state index < -0.39 is 0 Å². The third kappa shape index (κ3) is 5.03. The Labute approximate surface area is 268 Å². The summed E-state index contributed by atoms with van der Waals surface area (Å²) in [4.78, 5) is 0. The van der Waals surface area contributed by atoms with E-state index in [-0.39, 0.29) is 0 Å². The minimum absolute atomic E-state index is 0.695. The number of para-hydroxylation sites is 2. The molecule has 1 fully saturated rings. The summed E-state index contributed by atoms with van der Waals surface area (Å²) in [6.45, 7) is 12.0. The van der Waals surface area contributed by atoms with Crippen LogP contribution in [0.4, 0.5) is 0 Å². The van der Waals surface area contributed by atoms with Gasteiger partial charge in [-0.3, -0.25) is 0 Å². The Hall–Kier alpha value is -4.36. The lowest BCUT2D eigenvalue weighted by atomic mass is 9.85. The van der Waals surface area contributed by atoms with Crippen molar-refractivity contribution in [1.29, 1.82) is 0 Å². The Balaban J connectivity index is 0.00000104. The van der Waals surface area contributed by atoms with Crippen LogP contribution in [0.15, 0.2) is 103 Å². The molecule has 2 unspecified atom stereocenters. The SMILES string of the molecule is CCC.CCC/C(=C\C=C(/C)c1cccc2c3ccccc3n(CC)c12)c1ccc2c(c1)c1c(c3ccccc32)C2CC2C=C1. The molecule has 0 amide bonds. The molecular formula is C44H45N.